The van der Waals surface area contributed by atoms with Crippen LogP contribution < -0.4 is 5.32 Å². The zero-order chi connectivity index (χ0) is 12.5. The first kappa shape index (κ1) is 14.4. The standard InChI is InChI=1S/C13H22N2OS/c1-4-6-14-8-13-15-12(10-17-13)9-16-7-5-11(2)3/h10,14H,2,4-9H2,1,3H3. The monoisotopic (exact) mass is 254 g/mol. The Bertz CT molecular complexity index is 336. The fourth-order valence-corrected chi connectivity index (χ4v) is 2.04. The molecule has 0 saturated heterocycles. The highest BCUT2D eigenvalue weighted by molar-refractivity contribution is 7.09. The third-order valence-electron chi connectivity index (χ3n) is 2.23. The highest BCUT2D eigenvalue weighted by atomic mass is 32.1. The number of rotatable bonds is 9. The number of nitrogens with one attached hydrogen (secondary N) is 1. The molecule has 17 heavy (non-hydrogen) atoms. The molecule has 1 N–H and O–H groups in total. The Labute approximate surface area is 108 Å². The number of aromatic nitrogens is 1. The minimum Gasteiger partial charge on any atom is -0.375 e. The van der Waals surface area contributed by atoms with Crippen molar-refractivity contribution in [3.05, 3.63) is 28.2 Å². The summed E-state index contributed by atoms with van der Waals surface area (Å²) in [4.78, 5) is 4.51. The Balaban J connectivity index is 2.18. The van der Waals surface area contributed by atoms with Crippen LogP contribution in [0.5, 0.6) is 0 Å². The van der Waals surface area contributed by atoms with E-state index in [1.165, 1.54) is 0 Å². The summed E-state index contributed by atoms with van der Waals surface area (Å²) >= 11 is 1.69. The lowest BCUT2D eigenvalue weighted by Crippen LogP contribution is -2.13. The van der Waals surface area contributed by atoms with Crippen LogP contribution in [-0.4, -0.2) is 18.1 Å². The predicted octanol–water partition coefficient (Wildman–Crippen LogP) is 3.13. The van der Waals surface area contributed by atoms with Gasteiger partial charge in [-0.05, 0) is 26.3 Å². The summed E-state index contributed by atoms with van der Waals surface area (Å²) in [6.45, 7) is 11.3. The van der Waals surface area contributed by atoms with E-state index in [-0.39, 0.29) is 0 Å². The molecule has 0 unspecified atom stereocenters. The van der Waals surface area contributed by atoms with Gasteiger partial charge in [0.25, 0.3) is 0 Å². The van der Waals surface area contributed by atoms with E-state index in [1.54, 1.807) is 11.3 Å². The SMILES string of the molecule is C=C(C)CCOCc1csc(CNCCC)n1. The molecule has 0 aliphatic carbocycles. The predicted molar refractivity (Wildman–Crippen MR) is 73.2 cm³/mol. The van der Waals surface area contributed by atoms with Crippen LogP contribution in [0.3, 0.4) is 0 Å². The maximum absolute atomic E-state index is 5.53. The van der Waals surface area contributed by atoms with Crippen LogP contribution in [0.2, 0.25) is 0 Å². The van der Waals surface area contributed by atoms with Crippen LogP contribution >= 0.6 is 11.3 Å². The van der Waals surface area contributed by atoms with E-state index in [2.05, 4.69) is 29.2 Å². The lowest BCUT2D eigenvalue weighted by molar-refractivity contribution is 0.121. The summed E-state index contributed by atoms with van der Waals surface area (Å²) in [5.74, 6) is 0. The van der Waals surface area contributed by atoms with E-state index in [4.69, 9.17) is 4.74 Å². The maximum atomic E-state index is 5.53. The van der Waals surface area contributed by atoms with Gasteiger partial charge < -0.3 is 10.1 Å². The Morgan fingerprint density at radius 2 is 2.41 bits per heavy atom. The van der Waals surface area contributed by atoms with Crippen molar-refractivity contribution >= 4 is 11.3 Å². The Kier molecular flexibility index (Phi) is 7.08. The van der Waals surface area contributed by atoms with Crippen molar-refractivity contribution in [2.75, 3.05) is 13.2 Å². The summed E-state index contributed by atoms with van der Waals surface area (Å²) < 4.78 is 5.53. The molecule has 0 fully saturated rings. The fourth-order valence-electron chi connectivity index (χ4n) is 1.29. The maximum Gasteiger partial charge on any atom is 0.107 e. The minimum atomic E-state index is 0.609. The smallest absolute Gasteiger partial charge is 0.107 e. The number of hydrogen-bond donors (Lipinski definition) is 1. The van der Waals surface area contributed by atoms with E-state index in [1.807, 2.05) is 6.92 Å². The second-order valence-electron chi connectivity index (χ2n) is 4.17. The van der Waals surface area contributed by atoms with E-state index in [0.717, 1.165) is 48.8 Å². The number of thiazole rings is 1. The summed E-state index contributed by atoms with van der Waals surface area (Å²) in [7, 11) is 0. The van der Waals surface area contributed by atoms with Crippen LogP contribution in [0, 0.1) is 0 Å². The average molecular weight is 254 g/mol. The molecular weight excluding hydrogens is 232 g/mol. The molecule has 1 aromatic rings. The van der Waals surface area contributed by atoms with Crippen molar-refractivity contribution in [1.82, 2.24) is 10.3 Å². The summed E-state index contributed by atoms with van der Waals surface area (Å²) in [6, 6.07) is 0. The molecule has 96 valence electrons. The lowest BCUT2D eigenvalue weighted by atomic mass is 10.3. The van der Waals surface area contributed by atoms with Crippen molar-refractivity contribution in [3.63, 3.8) is 0 Å². The number of ether oxygens (including phenoxy) is 1. The molecule has 1 aromatic heterocycles. The normalized spacial score (nSPS) is 10.7. The van der Waals surface area contributed by atoms with Crippen molar-refractivity contribution in [1.29, 1.82) is 0 Å². The zero-order valence-electron chi connectivity index (χ0n) is 10.8. The van der Waals surface area contributed by atoms with Gasteiger partial charge in [0.05, 0.1) is 18.9 Å². The van der Waals surface area contributed by atoms with Crippen LogP contribution in [0.1, 0.15) is 37.4 Å². The Morgan fingerprint density at radius 1 is 1.59 bits per heavy atom. The molecule has 0 bridgehead atoms. The minimum absolute atomic E-state index is 0.609. The van der Waals surface area contributed by atoms with Gasteiger partial charge in [-0.25, -0.2) is 4.98 Å². The molecule has 0 aromatic carbocycles. The van der Waals surface area contributed by atoms with Crippen LogP contribution in [0.15, 0.2) is 17.5 Å². The van der Waals surface area contributed by atoms with Crippen LogP contribution in [0.4, 0.5) is 0 Å². The zero-order valence-corrected chi connectivity index (χ0v) is 11.6. The van der Waals surface area contributed by atoms with Gasteiger partial charge in [-0.2, -0.15) is 0 Å². The molecule has 1 rings (SSSR count). The molecule has 0 aliphatic rings. The highest BCUT2D eigenvalue weighted by Crippen LogP contribution is 2.10. The first-order valence-corrected chi connectivity index (χ1v) is 6.96. The molecular formula is C13H22N2OS. The lowest BCUT2D eigenvalue weighted by Gasteiger charge is -2.01. The highest BCUT2D eigenvalue weighted by Gasteiger charge is 2.01. The average Bonchev–Trinajstić information content (AvgIpc) is 2.73. The fraction of sp³-hybridized carbons (Fsp3) is 0.615. The quantitative estimate of drug-likeness (QED) is 0.543. The van der Waals surface area contributed by atoms with E-state index in [0.29, 0.717) is 6.61 Å². The molecule has 4 heteroatoms. The van der Waals surface area contributed by atoms with Gasteiger partial charge in [-0.3, -0.25) is 0 Å². The van der Waals surface area contributed by atoms with E-state index in [9.17, 15) is 0 Å². The molecule has 0 radical (unpaired) electrons. The second kappa shape index (κ2) is 8.39. The number of nitrogens with zero attached hydrogens (tertiary/aromatic N) is 1. The molecule has 0 spiro atoms. The third kappa shape index (κ3) is 6.56. The van der Waals surface area contributed by atoms with Crippen molar-refractivity contribution < 1.29 is 4.74 Å². The van der Waals surface area contributed by atoms with Gasteiger partial charge in [0, 0.05) is 11.9 Å². The van der Waals surface area contributed by atoms with Gasteiger partial charge >= 0.3 is 0 Å². The van der Waals surface area contributed by atoms with Gasteiger partial charge in [-0.15, -0.1) is 17.9 Å². The Hall–Kier alpha value is -0.710. The molecule has 0 saturated carbocycles. The topological polar surface area (TPSA) is 34.1 Å². The molecule has 0 aliphatic heterocycles. The summed E-state index contributed by atoms with van der Waals surface area (Å²) in [6.07, 6.45) is 2.08. The van der Waals surface area contributed by atoms with Crippen molar-refractivity contribution in [2.24, 2.45) is 0 Å². The first-order valence-electron chi connectivity index (χ1n) is 6.08. The van der Waals surface area contributed by atoms with Crippen LogP contribution in [0.25, 0.3) is 0 Å². The summed E-state index contributed by atoms with van der Waals surface area (Å²) in [5.41, 5.74) is 2.19. The van der Waals surface area contributed by atoms with E-state index >= 15 is 0 Å². The van der Waals surface area contributed by atoms with E-state index < -0.39 is 0 Å². The molecule has 3 nitrogen and oxygen atoms in total. The van der Waals surface area contributed by atoms with Gasteiger partial charge in [0.1, 0.15) is 5.01 Å². The molecule has 0 amide bonds. The largest absolute Gasteiger partial charge is 0.375 e. The molecule has 1 heterocycles. The van der Waals surface area contributed by atoms with Crippen molar-refractivity contribution in [3.8, 4) is 0 Å². The van der Waals surface area contributed by atoms with Gasteiger partial charge in [-0.1, -0.05) is 12.5 Å². The second-order valence-corrected chi connectivity index (χ2v) is 5.11. The van der Waals surface area contributed by atoms with Crippen LogP contribution in [-0.2, 0) is 17.9 Å². The van der Waals surface area contributed by atoms with Gasteiger partial charge in [0.2, 0.25) is 0 Å². The van der Waals surface area contributed by atoms with Crippen molar-refractivity contribution in [2.45, 2.75) is 39.8 Å². The Morgan fingerprint density at radius 3 is 3.12 bits per heavy atom. The first-order chi connectivity index (χ1) is 8.22. The third-order valence-corrected chi connectivity index (χ3v) is 3.12. The summed E-state index contributed by atoms with van der Waals surface area (Å²) in [5, 5.41) is 6.55. The molecule has 0 atom stereocenters. The van der Waals surface area contributed by atoms with Gasteiger partial charge in [0.15, 0.2) is 0 Å². The number of hydrogen-bond acceptors (Lipinski definition) is 4.